The molecule has 13 aromatic rings. The van der Waals surface area contributed by atoms with Gasteiger partial charge in [-0.2, -0.15) is 0 Å². The minimum absolute atomic E-state index is 1.02. The van der Waals surface area contributed by atoms with Gasteiger partial charge in [0, 0.05) is 67.6 Å². The van der Waals surface area contributed by atoms with Crippen molar-refractivity contribution >= 4 is 73.0 Å². The summed E-state index contributed by atoms with van der Waals surface area (Å²) in [4.78, 5) is 7.11. The molecule has 76 heavy (non-hydrogen) atoms. The first-order chi connectivity index (χ1) is 37.7. The van der Waals surface area contributed by atoms with Crippen molar-refractivity contribution < 1.29 is 0 Å². The summed E-state index contributed by atoms with van der Waals surface area (Å²) < 4.78 is 2.38. The number of hydrogen-bond acceptors (Lipinski definition) is 3. The molecule has 0 spiro atoms. The standard InChI is InChI=1S/C72H52N4/c1-7-24-53(25-8-1)66-41-23-42-67(54-26-9-2-10-27-54)72(66)55-44-46-60(47-45-55)74(58-32-15-5-16-33-58)62-37-22-39-64(51-62)75(63-38-21-36-61(50-63)73(56-28-11-3-12-29-56)57-30-13-4-14-31-57)65-48-49-71-69(52-65)68-40-19-20-43-70(68)76(71)59-34-17-6-18-35-59/h1-52H. The van der Waals surface area contributed by atoms with Gasteiger partial charge in [-0.3, -0.25) is 0 Å². The Labute approximate surface area is 444 Å². The Morgan fingerprint density at radius 3 is 1.04 bits per heavy atom. The van der Waals surface area contributed by atoms with Gasteiger partial charge < -0.3 is 19.3 Å². The molecule has 0 bridgehead atoms. The van der Waals surface area contributed by atoms with Gasteiger partial charge in [-0.25, -0.2) is 0 Å². The molecule has 4 nitrogen and oxygen atoms in total. The first-order valence-electron chi connectivity index (χ1n) is 25.9. The molecule has 0 N–H and O–H groups in total. The second-order valence-corrected chi connectivity index (χ2v) is 18.9. The summed E-state index contributed by atoms with van der Waals surface area (Å²) >= 11 is 0. The van der Waals surface area contributed by atoms with Crippen LogP contribution in [0.25, 0.3) is 60.9 Å². The highest BCUT2D eigenvalue weighted by molar-refractivity contribution is 6.11. The van der Waals surface area contributed by atoms with Gasteiger partial charge >= 0.3 is 0 Å². The average Bonchev–Trinajstić information content (AvgIpc) is 3.86. The summed E-state index contributed by atoms with van der Waals surface area (Å²) in [5.41, 5.74) is 20.0. The SMILES string of the molecule is c1ccc(-c2cccc(-c3ccccc3)c2-c2ccc(N(c3ccccc3)c3cccc(N(c4cccc(N(c5ccccc5)c5ccccc5)c4)c4ccc5c(c4)c4ccccc4n5-c4ccccc4)c3)cc2)cc1. The van der Waals surface area contributed by atoms with Gasteiger partial charge in [0.1, 0.15) is 0 Å². The zero-order valence-corrected chi connectivity index (χ0v) is 41.8. The Bertz CT molecular complexity index is 3990. The monoisotopic (exact) mass is 972 g/mol. The van der Waals surface area contributed by atoms with Gasteiger partial charge in [-0.05, 0) is 155 Å². The van der Waals surface area contributed by atoms with E-state index in [1.807, 2.05) is 0 Å². The van der Waals surface area contributed by atoms with E-state index >= 15 is 0 Å². The number of para-hydroxylation sites is 5. The molecule has 0 saturated heterocycles. The lowest BCUT2D eigenvalue weighted by Crippen LogP contribution is -2.14. The summed E-state index contributed by atoms with van der Waals surface area (Å²) in [6.45, 7) is 0. The van der Waals surface area contributed by atoms with Crippen LogP contribution < -0.4 is 14.7 Å². The number of aromatic nitrogens is 1. The van der Waals surface area contributed by atoms with Crippen molar-refractivity contribution in [3.05, 3.63) is 315 Å². The predicted octanol–water partition coefficient (Wildman–Crippen LogP) is 20.2. The molecule has 0 fully saturated rings. The van der Waals surface area contributed by atoms with Gasteiger partial charge in [0.25, 0.3) is 0 Å². The zero-order valence-electron chi connectivity index (χ0n) is 41.8. The van der Waals surface area contributed by atoms with Gasteiger partial charge in [0.05, 0.1) is 11.0 Å². The van der Waals surface area contributed by atoms with Crippen molar-refractivity contribution in [3.63, 3.8) is 0 Å². The summed E-state index contributed by atoms with van der Waals surface area (Å²) in [5, 5.41) is 2.38. The number of fused-ring (bicyclic) bond motifs is 3. The van der Waals surface area contributed by atoms with Crippen LogP contribution in [0.3, 0.4) is 0 Å². The number of rotatable bonds is 13. The first-order valence-corrected chi connectivity index (χ1v) is 25.9. The molecule has 0 aliphatic rings. The van der Waals surface area contributed by atoms with E-state index in [0.29, 0.717) is 0 Å². The van der Waals surface area contributed by atoms with Crippen LogP contribution in [-0.4, -0.2) is 4.57 Å². The van der Waals surface area contributed by atoms with Crippen LogP contribution in [0.2, 0.25) is 0 Å². The highest BCUT2D eigenvalue weighted by Crippen LogP contribution is 2.46. The van der Waals surface area contributed by atoms with Crippen LogP contribution >= 0.6 is 0 Å². The highest BCUT2D eigenvalue weighted by atomic mass is 15.2. The van der Waals surface area contributed by atoms with Crippen LogP contribution in [-0.2, 0) is 0 Å². The molecule has 4 heteroatoms. The quantitative estimate of drug-likeness (QED) is 0.114. The van der Waals surface area contributed by atoms with E-state index in [4.69, 9.17) is 0 Å². The zero-order chi connectivity index (χ0) is 50.6. The average molecular weight is 973 g/mol. The lowest BCUT2D eigenvalue weighted by Gasteiger charge is -2.31. The third-order valence-electron chi connectivity index (χ3n) is 14.3. The fourth-order valence-electron chi connectivity index (χ4n) is 10.9. The Balaban J connectivity index is 0.975. The number of benzene rings is 12. The van der Waals surface area contributed by atoms with E-state index < -0.39 is 0 Å². The molecule has 0 aliphatic heterocycles. The summed E-state index contributed by atoms with van der Waals surface area (Å²) in [7, 11) is 0. The van der Waals surface area contributed by atoms with Crippen molar-refractivity contribution in [1.29, 1.82) is 0 Å². The third-order valence-corrected chi connectivity index (χ3v) is 14.3. The maximum atomic E-state index is 2.41. The molecule has 1 heterocycles. The van der Waals surface area contributed by atoms with E-state index in [-0.39, 0.29) is 0 Å². The molecular weight excluding hydrogens is 921 g/mol. The summed E-state index contributed by atoms with van der Waals surface area (Å²) in [6.07, 6.45) is 0. The molecule has 0 saturated carbocycles. The van der Waals surface area contributed by atoms with Gasteiger partial charge in [0.15, 0.2) is 0 Å². The van der Waals surface area contributed by atoms with Crippen molar-refractivity contribution in [3.8, 4) is 39.1 Å². The largest absolute Gasteiger partial charge is 0.310 e. The molecule has 360 valence electrons. The molecule has 12 aromatic carbocycles. The molecule has 0 radical (unpaired) electrons. The Hall–Kier alpha value is -10.2. The van der Waals surface area contributed by atoms with Crippen LogP contribution in [0.15, 0.2) is 315 Å². The third kappa shape index (κ3) is 8.74. The number of nitrogens with zero attached hydrogens (tertiary/aromatic N) is 4. The first kappa shape index (κ1) is 45.7. The molecule has 0 unspecified atom stereocenters. The summed E-state index contributed by atoms with van der Waals surface area (Å²) in [6, 6.07) is 113. The van der Waals surface area contributed by atoms with Crippen molar-refractivity contribution in [1.82, 2.24) is 4.57 Å². The lowest BCUT2D eigenvalue weighted by molar-refractivity contribution is 1.18. The Morgan fingerprint density at radius 1 is 0.211 bits per heavy atom. The molecule has 0 atom stereocenters. The van der Waals surface area contributed by atoms with Gasteiger partial charge in [-0.1, -0.05) is 194 Å². The normalized spacial score (nSPS) is 11.2. The maximum absolute atomic E-state index is 2.41. The predicted molar refractivity (Wildman–Crippen MR) is 321 cm³/mol. The summed E-state index contributed by atoms with van der Waals surface area (Å²) in [5.74, 6) is 0. The van der Waals surface area contributed by atoms with E-state index in [1.54, 1.807) is 0 Å². The molecule has 0 aliphatic carbocycles. The number of hydrogen-bond donors (Lipinski definition) is 0. The lowest BCUT2D eigenvalue weighted by atomic mass is 9.87. The van der Waals surface area contributed by atoms with Crippen LogP contribution in [0.5, 0.6) is 0 Å². The molecule has 0 amide bonds. The van der Waals surface area contributed by atoms with E-state index in [9.17, 15) is 0 Å². The maximum Gasteiger partial charge on any atom is 0.0542 e. The van der Waals surface area contributed by atoms with E-state index in [1.165, 1.54) is 44.1 Å². The van der Waals surface area contributed by atoms with Crippen molar-refractivity contribution in [2.75, 3.05) is 14.7 Å². The Kier molecular flexibility index (Phi) is 12.3. The minimum atomic E-state index is 1.02. The molecule has 1 aromatic heterocycles. The topological polar surface area (TPSA) is 14.7 Å². The minimum Gasteiger partial charge on any atom is -0.310 e. The van der Waals surface area contributed by atoms with Crippen LogP contribution in [0.1, 0.15) is 0 Å². The fraction of sp³-hybridized carbons (Fsp3) is 0. The second kappa shape index (κ2) is 20.4. The highest BCUT2D eigenvalue weighted by Gasteiger charge is 2.22. The van der Waals surface area contributed by atoms with E-state index in [0.717, 1.165) is 68.0 Å². The van der Waals surface area contributed by atoms with Gasteiger partial charge in [-0.15, -0.1) is 0 Å². The molecular formula is C72H52N4. The van der Waals surface area contributed by atoms with E-state index in [2.05, 4.69) is 335 Å². The van der Waals surface area contributed by atoms with Crippen molar-refractivity contribution in [2.24, 2.45) is 0 Å². The second-order valence-electron chi connectivity index (χ2n) is 18.9. The Morgan fingerprint density at radius 2 is 0.553 bits per heavy atom. The smallest absolute Gasteiger partial charge is 0.0542 e. The van der Waals surface area contributed by atoms with Crippen molar-refractivity contribution in [2.45, 2.75) is 0 Å². The molecule has 13 rings (SSSR count). The van der Waals surface area contributed by atoms with Gasteiger partial charge in [0.2, 0.25) is 0 Å². The number of anilines is 9. The fourth-order valence-corrected chi connectivity index (χ4v) is 10.9. The van der Waals surface area contributed by atoms with Crippen LogP contribution in [0, 0.1) is 0 Å². The van der Waals surface area contributed by atoms with Crippen LogP contribution in [0.4, 0.5) is 51.2 Å².